The van der Waals surface area contributed by atoms with E-state index >= 15 is 0 Å². The molecule has 3 unspecified atom stereocenters. The minimum absolute atomic E-state index is 0.133. The third-order valence-corrected chi connectivity index (χ3v) is 4.67. The number of ether oxygens (including phenoxy) is 3. The van der Waals surface area contributed by atoms with Gasteiger partial charge < -0.3 is 19.5 Å². The maximum atomic E-state index is 12.9. The van der Waals surface area contributed by atoms with E-state index in [1.54, 1.807) is 12.1 Å². The van der Waals surface area contributed by atoms with Gasteiger partial charge in [-0.25, -0.2) is 14.0 Å². The first-order chi connectivity index (χ1) is 12.5. The number of halogens is 1. The van der Waals surface area contributed by atoms with Gasteiger partial charge in [0.1, 0.15) is 5.82 Å². The zero-order valence-corrected chi connectivity index (χ0v) is 14.5. The Balaban J connectivity index is 1.62. The maximum Gasteiger partial charge on any atom is 0.410 e. The summed E-state index contributed by atoms with van der Waals surface area (Å²) in [5.41, 5.74) is 2.19. The van der Waals surface area contributed by atoms with Crippen molar-refractivity contribution in [2.45, 2.75) is 26.2 Å². The molecule has 0 radical (unpaired) electrons. The van der Waals surface area contributed by atoms with Crippen LogP contribution in [0.25, 0.3) is 0 Å². The molecule has 0 saturated carbocycles. The SMILES string of the molecule is COC(=O)C1=COC(OC(=O)NCc2ccc(F)cc2)C2C(C)=CCC12. The van der Waals surface area contributed by atoms with Gasteiger partial charge in [-0.2, -0.15) is 0 Å². The first-order valence-corrected chi connectivity index (χ1v) is 8.29. The average Bonchev–Trinajstić information content (AvgIpc) is 3.03. The van der Waals surface area contributed by atoms with Crippen LogP contribution in [0.1, 0.15) is 18.9 Å². The number of fused-ring (bicyclic) bond motifs is 1. The van der Waals surface area contributed by atoms with Gasteiger partial charge in [-0.1, -0.05) is 23.8 Å². The predicted octanol–water partition coefficient (Wildman–Crippen LogP) is 3.05. The lowest BCUT2D eigenvalue weighted by Crippen LogP contribution is -2.40. The molecule has 0 spiro atoms. The fraction of sp³-hybridized carbons (Fsp3) is 0.368. The summed E-state index contributed by atoms with van der Waals surface area (Å²) in [5.74, 6) is -1.14. The van der Waals surface area contributed by atoms with Gasteiger partial charge in [-0.05, 0) is 31.0 Å². The second-order valence-electron chi connectivity index (χ2n) is 6.27. The van der Waals surface area contributed by atoms with Crippen molar-refractivity contribution in [1.82, 2.24) is 5.32 Å². The molecular weight excluding hydrogens is 341 g/mol. The van der Waals surface area contributed by atoms with E-state index in [4.69, 9.17) is 14.2 Å². The molecule has 26 heavy (non-hydrogen) atoms. The molecule has 7 heteroatoms. The molecule has 3 atom stereocenters. The molecular formula is C19H20FNO5. The van der Waals surface area contributed by atoms with E-state index in [0.29, 0.717) is 12.0 Å². The molecule has 1 aliphatic carbocycles. The topological polar surface area (TPSA) is 73.9 Å². The smallest absolute Gasteiger partial charge is 0.410 e. The van der Waals surface area contributed by atoms with Crippen LogP contribution in [0.5, 0.6) is 0 Å². The van der Waals surface area contributed by atoms with Crippen LogP contribution >= 0.6 is 0 Å². The van der Waals surface area contributed by atoms with Crippen LogP contribution in [0.3, 0.4) is 0 Å². The third-order valence-electron chi connectivity index (χ3n) is 4.67. The summed E-state index contributed by atoms with van der Waals surface area (Å²) in [7, 11) is 1.32. The molecule has 3 rings (SSSR count). The van der Waals surface area contributed by atoms with Crippen molar-refractivity contribution in [1.29, 1.82) is 0 Å². The van der Waals surface area contributed by atoms with Crippen molar-refractivity contribution in [2.24, 2.45) is 11.8 Å². The highest BCUT2D eigenvalue weighted by molar-refractivity contribution is 5.89. The number of nitrogens with one attached hydrogen (secondary N) is 1. The number of alkyl carbamates (subject to hydrolysis) is 1. The summed E-state index contributed by atoms with van der Waals surface area (Å²) in [5, 5.41) is 2.61. The predicted molar refractivity (Wildman–Crippen MR) is 90.0 cm³/mol. The second kappa shape index (κ2) is 7.59. The second-order valence-corrected chi connectivity index (χ2v) is 6.27. The van der Waals surface area contributed by atoms with E-state index in [0.717, 1.165) is 11.1 Å². The van der Waals surface area contributed by atoms with Crippen LogP contribution in [0.4, 0.5) is 9.18 Å². The normalized spacial score (nSPS) is 23.9. The van der Waals surface area contributed by atoms with Gasteiger partial charge in [-0.3, -0.25) is 0 Å². The Morgan fingerprint density at radius 3 is 2.73 bits per heavy atom. The van der Waals surface area contributed by atoms with Crippen molar-refractivity contribution in [3.05, 3.63) is 59.1 Å². The highest BCUT2D eigenvalue weighted by Gasteiger charge is 2.44. The minimum Gasteiger partial charge on any atom is -0.466 e. The number of carbonyl (C=O) groups is 2. The highest BCUT2D eigenvalue weighted by atomic mass is 19.1. The number of benzene rings is 1. The van der Waals surface area contributed by atoms with Crippen molar-refractivity contribution < 1.29 is 28.2 Å². The number of allylic oxidation sites excluding steroid dienone is 1. The van der Waals surface area contributed by atoms with Crippen molar-refractivity contribution >= 4 is 12.1 Å². The molecule has 0 aromatic heterocycles. The molecule has 0 saturated heterocycles. The number of amides is 1. The van der Waals surface area contributed by atoms with E-state index in [1.807, 2.05) is 13.0 Å². The van der Waals surface area contributed by atoms with Crippen LogP contribution in [-0.4, -0.2) is 25.5 Å². The molecule has 0 bridgehead atoms. The minimum atomic E-state index is -0.819. The summed E-state index contributed by atoms with van der Waals surface area (Å²) in [4.78, 5) is 24.0. The summed E-state index contributed by atoms with van der Waals surface area (Å²) < 4.78 is 28.6. The molecule has 1 aromatic rings. The Labute approximate surface area is 150 Å². The molecule has 1 aliphatic heterocycles. The van der Waals surface area contributed by atoms with Crippen LogP contribution < -0.4 is 5.32 Å². The average molecular weight is 361 g/mol. The Bertz CT molecular complexity index is 756. The molecule has 2 aliphatic rings. The van der Waals surface area contributed by atoms with Crippen molar-refractivity contribution in [3.8, 4) is 0 Å². The lowest BCUT2D eigenvalue weighted by Gasteiger charge is -2.33. The van der Waals surface area contributed by atoms with Gasteiger partial charge in [0, 0.05) is 12.5 Å². The van der Waals surface area contributed by atoms with Crippen LogP contribution in [0, 0.1) is 17.7 Å². The Kier molecular flexibility index (Phi) is 5.25. The lowest BCUT2D eigenvalue weighted by molar-refractivity contribution is -0.141. The molecule has 0 fully saturated rings. The third kappa shape index (κ3) is 3.71. The highest BCUT2D eigenvalue weighted by Crippen LogP contribution is 2.43. The fourth-order valence-corrected chi connectivity index (χ4v) is 3.29. The first-order valence-electron chi connectivity index (χ1n) is 8.29. The molecule has 1 heterocycles. The Morgan fingerprint density at radius 2 is 2.04 bits per heavy atom. The summed E-state index contributed by atoms with van der Waals surface area (Å²) in [6.07, 6.45) is 2.52. The summed E-state index contributed by atoms with van der Waals surface area (Å²) >= 11 is 0. The molecule has 1 amide bonds. The molecule has 1 aromatic carbocycles. The quantitative estimate of drug-likeness (QED) is 0.659. The van der Waals surface area contributed by atoms with Gasteiger partial charge in [-0.15, -0.1) is 0 Å². The summed E-state index contributed by atoms with van der Waals surface area (Å²) in [6, 6.07) is 5.81. The van der Waals surface area contributed by atoms with Crippen molar-refractivity contribution in [2.75, 3.05) is 7.11 Å². The van der Waals surface area contributed by atoms with Gasteiger partial charge >= 0.3 is 12.1 Å². The van der Waals surface area contributed by atoms with Crippen molar-refractivity contribution in [3.63, 3.8) is 0 Å². The van der Waals surface area contributed by atoms with E-state index < -0.39 is 18.4 Å². The molecule has 1 N–H and O–H groups in total. The monoisotopic (exact) mass is 361 g/mol. The van der Waals surface area contributed by atoms with E-state index in [2.05, 4.69) is 5.32 Å². The fourth-order valence-electron chi connectivity index (χ4n) is 3.29. The van der Waals surface area contributed by atoms with E-state index in [-0.39, 0.29) is 24.2 Å². The zero-order valence-electron chi connectivity index (χ0n) is 14.5. The van der Waals surface area contributed by atoms with E-state index in [9.17, 15) is 14.0 Å². The zero-order chi connectivity index (χ0) is 18.7. The Morgan fingerprint density at radius 1 is 1.31 bits per heavy atom. The summed E-state index contributed by atoms with van der Waals surface area (Å²) in [6.45, 7) is 2.12. The lowest BCUT2D eigenvalue weighted by atomic mass is 9.84. The number of hydrogen-bond donors (Lipinski definition) is 1. The Hall–Kier alpha value is -2.83. The van der Waals surface area contributed by atoms with Gasteiger partial charge in [0.15, 0.2) is 0 Å². The van der Waals surface area contributed by atoms with Crippen LogP contribution in [0.2, 0.25) is 0 Å². The molecule has 6 nitrogen and oxygen atoms in total. The maximum absolute atomic E-state index is 12.9. The van der Waals surface area contributed by atoms with E-state index in [1.165, 1.54) is 25.5 Å². The van der Waals surface area contributed by atoms with Gasteiger partial charge in [0.25, 0.3) is 6.29 Å². The number of methoxy groups -OCH3 is 1. The van der Waals surface area contributed by atoms with Gasteiger partial charge in [0.2, 0.25) is 0 Å². The largest absolute Gasteiger partial charge is 0.466 e. The number of hydrogen-bond acceptors (Lipinski definition) is 5. The van der Waals surface area contributed by atoms with Gasteiger partial charge in [0.05, 0.1) is 24.9 Å². The number of carbonyl (C=O) groups excluding carboxylic acids is 2. The molecule has 138 valence electrons. The van der Waals surface area contributed by atoms with Crippen LogP contribution in [-0.2, 0) is 25.5 Å². The number of rotatable bonds is 4. The van der Waals surface area contributed by atoms with Crippen LogP contribution in [0.15, 0.2) is 47.7 Å². The first kappa shape index (κ1) is 18.0. The number of esters is 1. The standard InChI is InChI=1S/C19H20FNO5/c1-11-3-8-14-15(17(22)24-2)10-25-18(16(11)14)26-19(23)21-9-12-4-6-13(20)7-5-12/h3-7,10,14,16,18H,8-9H2,1-2H3,(H,21,23).